The van der Waals surface area contributed by atoms with E-state index in [-0.39, 0.29) is 5.78 Å². The number of hydrogen-bond donors (Lipinski definition) is 1. The van der Waals surface area contributed by atoms with E-state index >= 15 is 0 Å². The number of hydrogen-bond acceptors (Lipinski definition) is 3. The lowest BCUT2D eigenvalue weighted by Crippen LogP contribution is -2.25. The molecule has 84 valence electrons. The summed E-state index contributed by atoms with van der Waals surface area (Å²) in [4.78, 5) is 11.9. The van der Waals surface area contributed by atoms with Gasteiger partial charge in [0.25, 0.3) is 0 Å². The molecule has 0 saturated carbocycles. The van der Waals surface area contributed by atoms with E-state index in [2.05, 4.69) is 5.32 Å². The molecule has 1 aliphatic heterocycles. The average Bonchev–Trinajstić information content (AvgIpc) is 2.39. The van der Waals surface area contributed by atoms with Crippen molar-refractivity contribution in [1.29, 1.82) is 0 Å². The van der Waals surface area contributed by atoms with Gasteiger partial charge in [0, 0.05) is 12.1 Å². The van der Waals surface area contributed by atoms with Gasteiger partial charge in [-0.15, -0.1) is 0 Å². The van der Waals surface area contributed by atoms with Gasteiger partial charge in [0.1, 0.15) is 12.4 Å². The predicted molar refractivity (Wildman–Crippen MR) is 62.6 cm³/mol. The number of fused-ring (bicyclic) bond motifs is 1. The van der Waals surface area contributed by atoms with Gasteiger partial charge in [-0.2, -0.15) is 0 Å². The summed E-state index contributed by atoms with van der Waals surface area (Å²) in [5.41, 5.74) is 1.46. The van der Waals surface area contributed by atoms with Crippen LogP contribution < -0.4 is 10.1 Å². The summed E-state index contributed by atoms with van der Waals surface area (Å²) in [5, 5.41) is 3.20. The van der Waals surface area contributed by atoms with E-state index in [0.717, 1.165) is 5.70 Å². The molecule has 2 rings (SSSR count). The second kappa shape index (κ2) is 4.39. The number of ether oxygens (including phenoxy) is 1. The largest absolute Gasteiger partial charge is 0.487 e. The third kappa shape index (κ3) is 2.24. The highest BCUT2D eigenvalue weighted by molar-refractivity contribution is 6.07. The minimum Gasteiger partial charge on any atom is -0.487 e. The van der Waals surface area contributed by atoms with Gasteiger partial charge < -0.3 is 10.1 Å². The van der Waals surface area contributed by atoms with E-state index < -0.39 is 0 Å². The minimum atomic E-state index is -0.00347. The fourth-order valence-electron chi connectivity index (χ4n) is 1.68. The van der Waals surface area contributed by atoms with E-state index in [1.54, 1.807) is 12.1 Å². The molecule has 0 saturated heterocycles. The van der Waals surface area contributed by atoms with Crippen LogP contribution in [0.5, 0.6) is 5.75 Å². The van der Waals surface area contributed by atoms with Crippen LogP contribution in [0.1, 0.15) is 24.2 Å². The van der Waals surface area contributed by atoms with Crippen LogP contribution in [0.15, 0.2) is 36.0 Å². The first-order valence-electron chi connectivity index (χ1n) is 5.40. The molecule has 0 radical (unpaired) electrons. The van der Waals surface area contributed by atoms with Crippen molar-refractivity contribution in [2.75, 3.05) is 6.61 Å². The molecule has 1 N–H and O–H groups in total. The number of para-hydroxylation sites is 1. The van der Waals surface area contributed by atoms with Crippen molar-refractivity contribution in [2.24, 2.45) is 0 Å². The third-order valence-electron chi connectivity index (χ3n) is 2.32. The van der Waals surface area contributed by atoms with E-state index in [0.29, 0.717) is 24.0 Å². The smallest absolute Gasteiger partial charge is 0.191 e. The van der Waals surface area contributed by atoms with Gasteiger partial charge in [0.05, 0.1) is 11.3 Å². The zero-order valence-corrected chi connectivity index (χ0v) is 9.49. The Morgan fingerprint density at radius 2 is 2.06 bits per heavy atom. The minimum absolute atomic E-state index is 0.00347. The molecule has 0 bridgehead atoms. The molecule has 0 spiro atoms. The molecule has 1 aromatic carbocycles. The molecular formula is C13H15NO2. The van der Waals surface area contributed by atoms with Crippen LogP contribution in [0, 0.1) is 0 Å². The summed E-state index contributed by atoms with van der Waals surface area (Å²) in [7, 11) is 0. The standard InChI is InChI=1S/C13H15NO2/c1-9(2)14-10-7-12(15)11-5-3-4-6-13(11)16-8-10/h3-7,9,14H,8H2,1-2H3. The Bertz CT molecular complexity index is 435. The Morgan fingerprint density at radius 3 is 2.81 bits per heavy atom. The maximum Gasteiger partial charge on any atom is 0.191 e. The second-order valence-corrected chi connectivity index (χ2v) is 4.12. The number of carbonyl (C=O) groups is 1. The van der Waals surface area contributed by atoms with E-state index in [4.69, 9.17) is 4.74 Å². The molecule has 3 nitrogen and oxygen atoms in total. The van der Waals surface area contributed by atoms with Gasteiger partial charge in [0.2, 0.25) is 0 Å². The van der Waals surface area contributed by atoms with Crippen molar-refractivity contribution >= 4 is 5.78 Å². The van der Waals surface area contributed by atoms with Crippen molar-refractivity contribution in [3.63, 3.8) is 0 Å². The van der Waals surface area contributed by atoms with E-state index in [1.807, 2.05) is 32.0 Å². The Balaban J connectivity index is 2.27. The lowest BCUT2D eigenvalue weighted by Gasteiger charge is -2.12. The topological polar surface area (TPSA) is 38.3 Å². The molecule has 16 heavy (non-hydrogen) atoms. The van der Waals surface area contributed by atoms with Crippen LogP contribution in [-0.4, -0.2) is 18.4 Å². The zero-order valence-electron chi connectivity index (χ0n) is 9.49. The summed E-state index contributed by atoms with van der Waals surface area (Å²) < 4.78 is 5.58. The van der Waals surface area contributed by atoms with Crippen LogP contribution in [0.2, 0.25) is 0 Å². The van der Waals surface area contributed by atoms with Crippen molar-refractivity contribution in [2.45, 2.75) is 19.9 Å². The molecule has 3 heteroatoms. The van der Waals surface area contributed by atoms with Gasteiger partial charge in [-0.1, -0.05) is 12.1 Å². The lowest BCUT2D eigenvalue weighted by molar-refractivity contribution is 0.104. The number of nitrogens with one attached hydrogen (secondary N) is 1. The number of carbonyl (C=O) groups excluding carboxylic acids is 1. The van der Waals surface area contributed by atoms with Crippen LogP contribution in [0.25, 0.3) is 0 Å². The monoisotopic (exact) mass is 217 g/mol. The summed E-state index contributed by atoms with van der Waals surface area (Å²) in [6.45, 7) is 4.48. The number of allylic oxidation sites excluding steroid dienone is 1. The van der Waals surface area contributed by atoms with E-state index in [9.17, 15) is 4.79 Å². The Morgan fingerprint density at radius 1 is 1.31 bits per heavy atom. The van der Waals surface area contributed by atoms with Crippen molar-refractivity contribution in [3.05, 3.63) is 41.6 Å². The number of rotatable bonds is 2. The van der Waals surface area contributed by atoms with Crippen LogP contribution in [-0.2, 0) is 0 Å². The highest BCUT2D eigenvalue weighted by Crippen LogP contribution is 2.22. The molecule has 1 aromatic rings. The number of ketones is 1. The normalized spacial score (nSPS) is 14.9. The fraction of sp³-hybridized carbons (Fsp3) is 0.308. The highest BCUT2D eigenvalue weighted by Gasteiger charge is 2.16. The highest BCUT2D eigenvalue weighted by atomic mass is 16.5. The maximum atomic E-state index is 11.9. The molecule has 1 heterocycles. The molecule has 1 aliphatic rings. The average molecular weight is 217 g/mol. The zero-order chi connectivity index (χ0) is 11.5. The molecular weight excluding hydrogens is 202 g/mol. The first-order chi connectivity index (χ1) is 7.66. The van der Waals surface area contributed by atoms with Crippen molar-refractivity contribution in [3.8, 4) is 5.75 Å². The molecule has 0 aliphatic carbocycles. The van der Waals surface area contributed by atoms with Gasteiger partial charge in [0.15, 0.2) is 5.78 Å². The molecule has 0 fully saturated rings. The van der Waals surface area contributed by atoms with Gasteiger partial charge in [-0.25, -0.2) is 0 Å². The van der Waals surface area contributed by atoms with Crippen molar-refractivity contribution in [1.82, 2.24) is 5.32 Å². The third-order valence-corrected chi connectivity index (χ3v) is 2.32. The summed E-state index contributed by atoms with van der Waals surface area (Å²) in [6, 6.07) is 7.61. The van der Waals surface area contributed by atoms with Crippen molar-refractivity contribution < 1.29 is 9.53 Å². The molecule has 0 unspecified atom stereocenters. The fourth-order valence-corrected chi connectivity index (χ4v) is 1.68. The first-order valence-corrected chi connectivity index (χ1v) is 5.40. The maximum absolute atomic E-state index is 11.9. The van der Waals surface area contributed by atoms with Gasteiger partial charge in [-0.3, -0.25) is 4.79 Å². The molecule has 0 amide bonds. The second-order valence-electron chi connectivity index (χ2n) is 4.12. The summed E-state index contributed by atoms with van der Waals surface area (Å²) in [6.07, 6.45) is 1.62. The van der Waals surface area contributed by atoms with Crippen LogP contribution in [0.3, 0.4) is 0 Å². The van der Waals surface area contributed by atoms with Gasteiger partial charge in [-0.05, 0) is 26.0 Å². The molecule has 0 aromatic heterocycles. The summed E-state index contributed by atoms with van der Waals surface area (Å²) in [5.74, 6) is 0.653. The lowest BCUT2D eigenvalue weighted by atomic mass is 10.1. The van der Waals surface area contributed by atoms with Gasteiger partial charge >= 0.3 is 0 Å². The van der Waals surface area contributed by atoms with Crippen LogP contribution in [0.4, 0.5) is 0 Å². The predicted octanol–water partition coefficient (Wildman–Crippen LogP) is 2.14. The Labute approximate surface area is 95.1 Å². The Hall–Kier alpha value is -1.77. The Kier molecular flexibility index (Phi) is 2.95. The van der Waals surface area contributed by atoms with Crippen LogP contribution >= 0.6 is 0 Å². The first kappa shape index (κ1) is 10.7. The van der Waals surface area contributed by atoms with E-state index in [1.165, 1.54) is 0 Å². The SMILES string of the molecule is CC(C)NC1=CC(=O)c2ccccc2OC1. The summed E-state index contributed by atoms with van der Waals surface area (Å²) >= 11 is 0. The quantitative estimate of drug-likeness (QED) is 0.824. The number of benzene rings is 1. The molecule has 0 atom stereocenters.